The minimum absolute atomic E-state index is 0.0426. The van der Waals surface area contributed by atoms with Crippen molar-refractivity contribution in [3.05, 3.63) is 94.0 Å². The van der Waals surface area contributed by atoms with E-state index in [1.807, 2.05) is 74.5 Å². The van der Waals surface area contributed by atoms with Crippen molar-refractivity contribution in [1.29, 1.82) is 5.26 Å². The van der Waals surface area contributed by atoms with Crippen LogP contribution >= 0.6 is 61.1 Å². The zero-order chi connectivity index (χ0) is 23.3. The van der Waals surface area contributed by atoms with Crippen LogP contribution in [0.3, 0.4) is 0 Å². The van der Waals surface area contributed by atoms with E-state index in [4.69, 9.17) is 4.74 Å². The summed E-state index contributed by atoms with van der Waals surface area (Å²) in [5.41, 5.74) is 4.56. The summed E-state index contributed by atoms with van der Waals surface area (Å²) >= 11 is 7.86. The highest BCUT2D eigenvalue weighted by Gasteiger charge is 2.13. The van der Waals surface area contributed by atoms with Crippen molar-refractivity contribution < 1.29 is 9.53 Å². The summed E-state index contributed by atoms with van der Waals surface area (Å²) in [6, 6.07) is 19.6. The van der Waals surface area contributed by atoms with Gasteiger partial charge in [-0.2, -0.15) is 5.26 Å². The number of carbonyl (C=O) groups is 1. The van der Waals surface area contributed by atoms with Crippen molar-refractivity contribution in [2.45, 2.75) is 20.5 Å². The zero-order valence-corrected chi connectivity index (χ0v) is 23.3. The van der Waals surface area contributed by atoms with Crippen LogP contribution in [-0.2, 0) is 11.4 Å². The van der Waals surface area contributed by atoms with Gasteiger partial charge < -0.3 is 10.1 Å². The third-order valence-electron chi connectivity index (χ3n) is 4.63. The first-order valence-corrected chi connectivity index (χ1v) is 12.6. The molecule has 3 aromatic rings. The average Bonchev–Trinajstić information content (AvgIpc) is 2.75. The Kier molecular flexibility index (Phi) is 8.73. The molecule has 0 aliphatic rings. The summed E-state index contributed by atoms with van der Waals surface area (Å²) in [5.74, 6) is 0.353. The molecule has 0 bridgehead atoms. The fraction of sp³-hybridized carbons (Fsp3) is 0.120. The maximum Gasteiger partial charge on any atom is 0.266 e. The number of carbonyl (C=O) groups excluding carboxylic acids is 1. The van der Waals surface area contributed by atoms with E-state index in [0.717, 1.165) is 39.6 Å². The first kappa shape index (κ1) is 24.7. The quantitative estimate of drug-likeness (QED) is 0.165. The van der Waals surface area contributed by atoms with Gasteiger partial charge in [-0.1, -0.05) is 40.2 Å². The highest BCUT2D eigenvalue weighted by molar-refractivity contribution is 14.1. The molecule has 0 atom stereocenters. The molecule has 7 heteroatoms. The van der Waals surface area contributed by atoms with Gasteiger partial charge in [0, 0.05) is 10.2 Å². The summed E-state index contributed by atoms with van der Waals surface area (Å²) in [4.78, 5) is 12.7. The van der Waals surface area contributed by atoms with Crippen LogP contribution in [0.5, 0.6) is 5.75 Å². The van der Waals surface area contributed by atoms with Gasteiger partial charge in [0.25, 0.3) is 5.91 Å². The van der Waals surface area contributed by atoms with Gasteiger partial charge in [-0.25, -0.2) is 0 Å². The number of aryl methyl sites for hydroxylation is 2. The van der Waals surface area contributed by atoms with E-state index in [2.05, 4.69) is 66.4 Å². The smallest absolute Gasteiger partial charge is 0.266 e. The topological polar surface area (TPSA) is 62.1 Å². The van der Waals surface area contributed by atoms with E-state index in [1.165, 1.54) is 0 Å². The van der Waals surface area contributed by atoms with Crippen LogP contribution in [0.15, 0.2) is 64.6 Å². The van der Waals surface area contributed by atoms with Gasteiger partial charge in [0.2, 0.25) is 0 Å². The first-order chi connectivity index (χ1) is 15.3. The van der Waals surface area contributed by atoms with Crippen LogP contribution in [-0.4, -0.2) is 5.91 Å². The number of benzene rings is 3. The number of hydrogen-bond donors (Lipinski definition) is 1. The Labute approximate surface area is 223 Å². The number of nitrogens with zero attached hydrogens (tertiary/aromatic N) is 1. The number of ether oxygens (including phenoxy) is 1. The molecule has 0 fully saturated rings. The van der Waals surface area contributed by atoms with Gasteiger partial charge in [-0.05, 0) is 118 Å². The van der Waals surface area contributed by atoms with Crippen molar-refractivity contribution in [3.8, 4) is 11.8 Å². The van der Waals surface area contributed by atoms with E-state index in [-0.39, 0.29) is 5.57 Å². The number of nitriles is 1. The van der Waals surface area contributed by atoms with Crippen molar-refractivity contribution >= 4 is 78.8 Å². The molecule has 1 amide bonds. The monoisotopic (exact) mass is 712 g/mol. The van der Waals surface area contributed by atoms with Crippen LogP contribution in [0.2, 0.25) is 0 Å². The van der Waals surface area contributed by atoms with Crippen molar-refractivity contribution in [2.24, 2.45) is 0 Å². The van der Waals surface area contributed by atoms with Crippen LogP contribution < -0.4 is 10.1 Å². The second kappa shape index (κ2) is 11.3. The molecule has 0 heterocycles. The summed E-state index contributed by atoms with van der Waals surface area (Å²) in [7, 11) is 0. The average molecular weight is 713 g/mol. The molecule has 0 unspecified atom stereocenters. The summed E-state index contributed by atoms with van der Waals surface area (Å²) in [6.07, 6.45) is 1.60. The molecule has 0 radical (unpaired) electrons. The predicted octanol–water partition coefficient (Wildman–Crippen LogP) is 7.40. The maximum absolute atomic E-state index is 12.7. The molecular weight excluding hydrogens is 694 g/mol. The molecule has 3 rings (SSSR count). The maximum atomic E-state index is 12.7. The second-order valence-corrected chi connectivity index (χ2v) is 10.4. The van der Waals surface area contributed by atoms with Crippen LogP contribution in [0, 0.1) is 32.3 Å². The minimum Gasteiger partial charge on any atom is -0.487 e. The van der Waals surface area contributed by atoms with E-state index < -0.39 is 5.91 Å². The number of amides is 1. The number of halogens is 3. The molecule has 4 nitrogen and oxygen atoms in total. The normalized spacial score (nSPS) is 11.1. The van der Waals surface area contributed by atoms with E-state index in [9.17, 15) is 10.1 Å². The van der Waals surface area contributed by atoms with Crippen molar-refractivity contribution in [1.82, 2.24) is 0 Å². The molecule has 0 saturated carbocycles. The van der Waals surface area contributed by atoms with Crippen LogP contribution in [0.4, 0.5) is 5.69 Å². The summed E-state index contributed by atoms with van der Waals surface area (Å²) < 4.78 is 8.87. The van der Waals surface area contributed by atoms with Gasteiger partial charge in [-0.15, -0.1) is 0 Å². The highest BCUT2D eigenvalue weighted by atomic mass is 127. The molecule has 0 aromatic heterocycles. The Morgan fingerprint density at radius 2 is 1.75 bits per heavy atom. The number of anilines is 1. The third-order valence-corrected chi connectivity index (χ3v) is 6.77. The fourth-order valence-corrected chi connectivity index (χ4v) is 5.30. The summed E-state index contributed by atoms with van der Waals surface area (Å²) in [5, 5.41) is 12.4. The highest BCUT2D eigenvalue weighted by Crippen LogP contribution is 2.31. The number of hydrogen-bond acceptors (Lipinski definition) is 3. The lowest BCUT2D eigenvalue weighted by Gasteiger charge is -2.12. The second-order valence-electron chi connectivity index (χ2n) is 7.17. The molecule has 0 aliphatic carbocycles. The SMILES string of the molecule is Cc1ccc(C)c(NC(=O)/C(C#N)=C/c2cc(I)c(OCc3ccc(Br)cc3)c(I)c2)c1. The van der Waals surface area contributed by atoms with Crippen LogP contribution in [0.1, 0.15) is 22.3 Å². The zero-order valence-electron chi connectivity index (χ0n) is 17.4. The fourth-order valence-electron chi connectivity index (χ4n) is 2.91. The van der Waals surface area contributed by atoms with Gasteiger partial charge >= 0.3 is 0 Å². The standard InChI is InChI=1S/C25H19BrI2N2O2/c1-15-3-4-16(2)23(9-15)30-25(31)19(13-29)10-18-11-21(27)24(22(28)12-18)32-14-17-5-7-20(26)8-6-17/h3-12H,14H2,1-2H3,(H,30,31)/b19-10+. The largest absolute Gasteiger partial charge is 0.487 e. The Hall–Kier alpha value is -1.90. The lowest BCUT2D eigenvalue weighted by atomic mass is 10.1. The van der Waals surface area contributed by atoms with Crippen LogP contribution in [0.25, 0.3) is 6.08 Å². The lowest BCUT2D eigenvalue weighted by molar-refractivity contribution is -0.112. The Morgan fingerprint density at radius 3 is 2.38 bits per heavy atom. The third kappa shape index (κ3) is 6.56. The minimum atomic E-state index is -0.429. The van der Waals surface area contributed by atoms with Gasteiger partial charge in [0.15, 0.2) is 0 Å². The predicted molar refractivity (Wildman–Crippen MR) is 148 cm³/mol. The molecule has 32 heavy (non-hydrogen) atoms. The summed E-state index contributed by atoms with van der Waals surface area (Å²) in [6.45, 7) is 4.33. The Balaban J connectivity index is 1.78. The molecule has 0 aliphatic heterocycles. The van der Waals surface area contributed by atoms with Crippen molar-refractivity contribution in [2.75, 3.05) is 5.32 Å². The molecule has 1 N–H and O–H groups in total. The van der Waals surface area contributed by atoms with E-state index in [1.54, 1.807) is 6.08 Å². The number of rotatable bonds is 6. The molecule has 0 saturated heterocycles. The van der Waals surface area contributed by atoms with Gasteiger partial charge in [0.1, 0.15) is 24.0 Å². The van der Waals surface area contributed by atoms with E-state index >= 15 is 0 Å². The number of nitrogens with one attached hydrogen (secondary N) is 1. The molecular formula is C25H19BrI2N2O2. The lowest BCUT2D eigenvalue weighted by Crippen LogP contribution is -2.14. The first-order valence-electron chi connectivity index (χ1n) is 9.63. The van der Waals surface area contributed by atoms with E-state index in [0.29, 0.717) is 12.3 Å². The van der Waals surface area contributed by atoms with Gasteiger partial charge in [0.05, 0.1) is 7.14 Å². The molecule has 162 valence electrons. The van der Waals surface area contributed by atoms with Gasteiger partial charge in [-0.3, -0.25) is 4.79 Å². The molecule has 0 spiro atoms. The molecule has 3 aromatic carbocycles. The van der Waals surface area contributed by atoms with Crippen molar-refractivity contribution in [3.63, 3.8) is 0 Å². The Morgan fingerprint density at radius 1 is 1.09 bits per heavy atom. The Bertz CT molecular complexity index is 1210.